The van der Waals surface area contributed by atoms with Gasteiger partial charge >= 0.3 is 11.9 Å². The zero-order chi connectivity index (χ0) is 19.2. The zero-order valence-corrected chi connectivity index (χ0v) is 14.1. The smallest absolute Gasteiger partial charge is 0.328 e. The van der Waals surface area contributed by atoms with Gasteiger partial charge in [-0.1, -0.05) is 48.5 Å². The summed E-state index contributed by atoms with van der Waals surface area (Å²) in [4.78, 5) is 23.6. The minimum absolute atomic E-state index is 0.558. The van der Waals surface area contributed by atoms with Crippen molar-refractivity contribution in [3.63, 3.8) is 0 Å². The third kappa shape index (κ3) is 4.19. The molecule has 2 aromatic carbocycles. The molecule has 6 nitrogen and oxygen atoms in total. The molecule has 27 heavy (non-hydrogen) atoms. The summed E-state index contributed by atoms with van der Waals surface area (Å²) in [5.74, 6) is -2.51. The molecule has 4 aromatic rings. The van der Waals surface area contributed by atoms with Crippen molar-refractivity contribution in [2.45, 2.75) is 0 Å². The van der Waals surface area contributed by atoms with Gasteiger partial charge < -0.3 is 14.6 Å². The Morgan fingerprint density at radius 1 is 0.815 bits per heavy atom. The molecule has 0 spiro atoms. The van der Waals surface area contributed by atoms with Gasteiger partial charge in [0.2, 0.25) is 0 Å². The number of carboxylic acid groups (broad SMARTS) is 2. The SMILES string of the molecule is O=C(O)/C=C\C(=O)O.c1ccc(-c2nccc3oc4ccccc4c23)cc1. The lowest BCUT2D eigenvalue weighted by atomic mass is 10.1. The molecule has 0 saturated carbocycles. The van der Waals surface area contributed by atoms with Crippen molar-refractivity contribution < 1.29 is 24.2 Å². The predicted octanol–water partition coefficient (Wildman–Crippen LogP) is 4.36. The van der Waals surface area contributed by atoms with Crippen LogP contribution in [0.3, 0.4) is 0 Å². The standard InChI is InChI=1S/C17H11NO.C4H4O4/c1-2-6-12(7-3-1)17-16-13-8-4-5-9-14(13)19-15(16)10-11-18-17;5-3(6)1-2-4(7)8/h1-11H;1-2H,(H,5,6)(H,7,8)/b;2-1-. The van der Waals surface area contributed by atoms with Crippen molar-refractivity contribution in [3.05, 3.63) is 79.0 Å². The number of aromatic nitrogens is 1. The molecule has 0 aliphatic rings. The van der Waals surface area contributed by atoms with Gasteiger partial charge in [-0.2, -0.15) is 0 Å². The number of hydrogen-bond acceptors (Lipinski definition) is 4. The van der Waals surface area contributed by atoms with Crippen LogP contribution in [0, 0.1) is 0 Å². The van der Waals surface area contributed by atoms with Crippen LogP contribution in [0.4, 0.5) is 0 Å². The molecule has 4 rings (SSSR count). The number of para-hydroxylation sites is 1. The summed E-state index contributed by atoms with van der Waals surface area (Å²) in [5.41, 5.74) is 3.88. The second kappa shape index (κ2) is 7.97. The molecule has 0 atom stereocenters. The van der Waals surface area contributed by atoms with E-state index < -0.39 is 11.9 Å². The van der Waals surface area contributed by atoms with Crippen molar-refractivity contribution in [3.8, 4) is 11.3 Å². The molecule has 2 N–H and O–H groups in total. The molecule has 0 aliphatic heterocycles. The normalized spacial score (nSPS) is 10.7. The monoisotopic (exact) mass is 361 g/mol. The van der Waals surface area contributed by atoms with E-state index in [0.717, 1.165) is 33.2 Å². The molecule has 0 fully saturated rings. The third-order valence-electron chi connectivity index (χ3n) is 3.70. The van der Waals surface area contributed by atoms with E-state index in [1.165, 1.54) is 0 Å². The van der Waals surface area contributed by atoms with Crippen molar-refractivity contribution >= 4 is 33.9 Å². The highest BCUT2D eigenvalue weighted by molar-refractivity contribution is 6.11. The van der Waals surface area contributed by atoms with Crippen molar-refractivity contribution in [1.82, 2.24) is 4.98 Å². The van der Waals surface area contributed by atoms with E-state index in [1.54, 1.807) is 6.20 Å². The Balaban J connectivity index is 0.000000226. The number of benzene rings is 2. The average molecular weight is 361 g/mol. The van der Waals surface area contributed by atoms with E-state index in [-0.39, 0.29) is 0 Å². The van der Waals surface area contributed by atoms with Crippen LogP contribution in [0.1, 0.15) is 0 Å². The van der Waals surface area contributed by atoms with Crippen molar-refractivity contribution in [2.24, 2.45) is 0 Å². The zero-order valence-electron chi connectivity index (χ0n) is 14.1. The number of fused-ring (bicyclic) bond motifs is 3. The Morgan fingerprint density at radius 2 is 1.44 bits per heavy atom. The second-order valence-corrected chi connectivity index (χ2v) is 5.51. The van der Waals surface area contributed by atoms with Crippen LogP contribution >= 0.6 is 0 Å². The Labute approximate surface area is 154 Å². The summed E-state index contributed by atoms with van der Waals surface area (Å²) in [7, 11) is 0. The Bertz CT molecular complexity index is 1110. The molecule has 2 heterocycles. The number of furan rings is 1. The maximum atomic E-state index is 9.55. The van der Waals surface area contributed by atoms with E-state index in [4.69, 9.17) is 14.6 Å². The van der Waals surface area contributed by atoms with Crippen LogP contribution in [-0.4, -0.2) is 27.1 Å². The number of hydrogen-bond donors (Lipinski definition) is 2. The highest BCUT2D eigenvalue weighted by Gasteiger charge is 2.12. The lowest BCUT2D eigenvalue weighted by molar-refractivity contribution is -0.134. The Morgan fingerprint density at radius 3 is 2.11 bits per heavy atom. The molecular weight excluding hydrogens is 346 g/mol. The van der Waals surface area contributed by atoms with Crippen LogP contribution in [0.5, 0.6) is 0 Å². The third-order valence-corrected chi connectivity index (χ3v) is 3.70. The first-order valence-corrected chi connectivity index (χ1v) is 8.02. The number of pyridine rings is 1. The second-order valence-electron chi connectivity index (χ2n) is 5.51. The van der Waals surface area contributed by atoms with E-state index in [2.05, 4.69) is 23.2 Å². The molecule has 134 valence electrons. The predicted molar refractivity (Wildman–Crippen MR) is 101 cm³/mol. The van der Waals surface area contributed by atoms with E-state index >= 15 is 0 Å². The quantitative estimate of drug-likeness (QED) is 0.526. The largest absolute Gasteiger partial charge is 0.478 e. The van der Waals surface area contributed by atoms with Crippen LogP contribution in [0.2, 0.25) is 0 Å². The summed E-state index contributed by atoms with van der Waals surface area (Å²) in [6, 6.07) is 20.2. The van der Waals surface area contributed by atoms with Gasteiger partial charge in [0.25, 0.3) is 0 Å². The summed E-state index contributed by atoms with van der Waals surface area (Å²) >= 11 is 0. The van der Waals surface area contributed by atoms with Gasteiger partial charge in [0.05, 0.1) is 11.1 Å². The van der Waals surface area contributed by atoms with E-state index in [0.29, 0.717) is 12.2 Å². The molecular formula is C21H15NO5. The fraction of sp³-hybridized carbons (Fsp3) is 0. The Hall–Kier alpha value is -3.93. The van der Waals surface area contributed by atoms with Gasteiger partial charge in [-0.3, -0.25) is 4.98 Å². The van der Waals surface area contributed by atoms with Crippen LogP contribution in [-0.2, 0) is 9.59 Å². The molecule has 0 saturated heterocycles. The molecule has 0 amide bonds. The molecule has 0 radical (unpaired) electrons. The fourth-order valence-electron chi connectivity index (χ4n) is 2.63. The minimum Gasteiger partial charge on any atom is -0.478 e. The number of carboxylic acids is 2. The molecule has 2 aromatic heterocycles. The minimum atomic E-state index is -1.26. The number of nitrogens with zero attached hydrogens (tertiary/aromatic N) is 1. The van der Waals surface area contributed by atoms with Crippen LogP contribution in [0.15, 0.2) is 83.4 Å². The van der Waals surface area contributed by atoms with Gasteiger partial charge in [-0.15, -0.1) is 0 Å². The Kier molecular flexibility index (Phi) is 5.28. The van der Waals surface area contributed by atoms with E-state index in [1.807, 2.05) is 42.5 Å². The first kappa shape index (κ1) is 17.9. The van der Waals surface area contributed by atoms with Crippen LogP contribution < -0.4 is 0 Å². The summed E-state index contributed by atoms with van der Waals surface area (Å²) in [5, 5.41) is 17.8. The van der Waals surface area contributed by atoms with Gasteiger partial charge in [0.1, 0.15) is 11.2 Å². The number of aliphatic carboxylic acids is 2. The van der Waals surface area contributed by atoms with Gasteiger partial charge in [-0.05, 0) is 12.1 Å². The highest BCUT2D eigenvalue weighted by atomic mass is 16.4. The highest BCUT2D eigenvalue weighted by Crippen LogP contribution is 2.34. The summed E-state index contributed by atoms with van der Waals surface area (Å²) < 4.78 is 5.87. The van der Waals surface area contributed by atoms with Crippen LogP contribution in [0.25, 0.3) is 33.2 Å². The van der Waals surface area contributed by atoms with Crippen molar-refractivity contribution in [1.29, 1.82) is 0 Å². The fourth-order valence-corrected chi connectivity index (χ4v) is 2.63. The maximum absolute atomic E-state index is 9.55. The van der Waals surface area contributed by atoms with Crippen molar-refractivity contribution in [2.75, 3.05) is 0 Å². The molecule has 0 unspecified atom stereocenters. The van der Waals surface area contributed by atoms with Gasteiger partial charge in [0.15, 0.2) is 0 Å². The van der Waals surface area contributed by atoms with Gasteiger partial charge in [-0.25, -0.2) is 9.59 Å². The molecule has 0 aliphatic carbocycles. The number of carbonyl (C=O) groups is 2. The first-order valence-electron chi connectivity index (χ1n) is 8.02. The lowest BCUT2D eigenvalue weighted by Crippen LogP contribution is -1.91. The maximum Gasteiger partial charge on any atom is 0.328 e. The molecule has 0 bridgehead atoms. The summed E-state index contributed by atoms with van der Waals surface area (Å²) in [6.07, 6.45) is 2.91. The first-order chi connectivity index (χ1) is 13.1. The lowest BCUT2D eigenvalue weighted by Gasteiger charge is -2.01. The van der Waals surface area contributed by atoms with Gasteiger partial charge in [0, 0.05) is 29.3 Å². The summed E-state index contributed by atoms with van der Waals surface area (Å²) in [6.45, 7) is 0. The van der Waals surface area contributed by atoms with E-state index in [9.17, 15) is 9.59 Å². The molecule has 6 heteroatoms. The number of rotatable bonds is 3. The topological polar surface area (TPSA) is 101 Å². The average Bonchev–Trinajstić information content (AvgIpc) is 3.06.